The summed E-state index contributed by atoms with van der Waals surface area (Å²) in [4.78, 5) is 4.12. The third-order valence-electron chi connectivity index (χ3n) is 2.65. The average Bonchev–Trinajstić information content (AvgIpc) is 2.76. The normalized spacial score (nSPS) is 26.0. The summed E-state index contributed by atoms with van der Waals surface area (Å²) in [5, 5.41) is 7.10. The van der Waals surface area contributed by atoms with Gasteiger partial charge in [0.2, 0.25) is 5.89 Å². The third-order valence-corrected chi connectivity index (χ3v) is 2.65. The van der Waals surface area contributed by atoms with E-state index in [4.69, 9.17) is 9.26 Å². The van der Waals surface area contributed by atoms with Gasteiger partial charge in [0.1, 0.15) is 0 Å². The van der Waals surface area contributed by atoms with Crippen molar-refractivity contribution in [2.75, 3.05) is 13.2 Å². The van der Waals surface area contributed by atoms with Crippen LogP contribution in [0.15, 0.2) is 4.52 Å². The average molecular weight is 211 g/mol. The van der Waals surface area contributed by atoms with Gasteiger partial charge in [-0.1, -0.05) is 5.16 Å². The maximum atomic E-state index is 5.66. The Morgan fingerprint density at radius 2 is 2.40 bits per heavy atom. The molecule has 1 saturated heterocycles. The molecule has 5 heteroatoms. The lowest BCUT2D eigenvalue weighted by atomic mass is 10.0. The molecule has 2 heterocycles. The minimum atomic E-state index is -0.0151. The Balaban J connectivity index is 1.75. The van der Waals surface area contributed by atoms with Gasteiger partial charge in [-0.15, -0.1) is 0 Å². The summed E-state index contributed by atoms with van der Waals surface area (Å²) in [6, 6.07) is 0. The third kappa shape index (κ3) is 2.76. The van der Waals surface area contributed by atoms with Crippen molar-refractivity contribution >= 4 is 0 Å². The maximum Gasteiger partial charge on any atom is 0.223 e. The zero-order valence-electron chi connectivity index (χ0n) is 9.25. The van der Waals surface area contributed by atoms with E-state index in [0.29, 0.717) is 18.3 Å². The van der Waals surface area contributed by atoms with E-state index in [-0.39, 0.29) is 5.60 Å². The highest BCUT2D eigenvalue weighted by Gasteiger charge is 2.29. The molecule has 1 unspecified atom stereocenters. The van der Waals surface area contributed by atoms with Crippen molar-refractivity contribution in [3.63, 3.8) is 0 Å². The van der Waals surface area contributed by atoms with Gasteiger partial charge in [-0.25, -0.2) is 0 Å². The smallest absolute Gasteiger partial charge is 0.223 e. The van der Waals surface area contributed by atoms with E-state index in [9.17, 15) is 0 Å². The van der Waals surface area contributed by atoms with Crippen molar-refractivity contribution in [3.05, 3.63) is 11.7 Å². The summed E-state index contributed by atoms with van der Waals surface area (Å²) in [5.74, 6) is 1.31. The van der Waals surface area contributed by atoms with Crippen LogP contribution in [0.2, 0.25) is 0 Å². The van der Waals surface area contributed by atoms with Crippen LogP contribution in [0.3, 0.4) is 0 Å². The molecule has 5 nitrogen and oxygen atoms in total. The van der Waals surface area contributed by atoms with E-state index in [0.717, 1.165) is 26.0 Å². The summed E-state index contributed by atoms with van der Waals surface area (Å²) >= 11 is 0. The first kappa shape index (κ1) is 10.6. The number of rotatable bonds is 4. The lowest BCUT2D eigenvalue weighted by molar-refractivity contribution is 0.0205. The Kier molecular flexibility index (Phi) is 3.02. The Labute approximate surface area is 89.2 Å². The van der Waals surface area contributed by atoms with Crippen molar-refractivity contribution in [1.29, 1.82) is 0 Å². The van der Waals surface area contributed by atoms with Gasteiger partial charge in [-0.3, -0.25) is 0 Å². The quantitative estimate of drug-likeness (QED) is 0.806. The molecule has 1 fully saturated rings. The topological polar surface area (TPSA) is 60.2 Å². The second-order valence-corrected chi connectivity index (χ2v) is 4.24. The van der Waals surface area contributed by atoms with Gasteiger partial charge >= 0.3 is 0 Å². The summed E-state index contributed by atoms with van der Waals surface area (Å²) in [5.41, 5.74) is -0.0151. The fourth-order valence-corrected chi connectivity index (χ4v) is 1.83. The number of ether oxygens (including phenoxy) is 1. The van der Waals surface area contributed by atoms with Gasteiger partial charge in [-0.2, -0.15) is 4.98 Å². The van der Waals surface area contributed by atoms with Gasteiger partial charge < -0.3 is 14.6 Å². The van der Waals surface area contributed by atoms with Gasteiger partial charge in [0.05, 0.1) is 12.1 Å². The summed E-state index contributed by atoms with van der Waals surface area (Å²) < 4.78 is 10.5. The van der Waals surface area contributed by atoms with Gasteiger partial charge in [0.15, 0.2) is 5.82 Å². The SMILES string of the molecule is Cc1nc(CNCC2(C)CCCO2)no1. The van der Waals surface area contributed by atoms with Crippen LogP contribution in [0.25, 0.3) is 0 Å². The highest BCUT2D eigenvalue weighted by atomic mass is 16.5. The minimum Gasteiger partial charge on any atom is -0.374 e. The van der Waals surface area contributed by atoms with Crippen LogP contribution in [-0.2, 0) is 11.3 Å². The molecule has 0 aliphatic carbocycles. The predicted octanol–water partition coefficient (Wildman–Crippen LogP) is 1.04. The number of hydrogen-bond donors (Lipinski definition) is 1. The molecule has 1 aromatic heterocycles. The van der Waals surface area contributed by atoms with E-state index < -0.39 is 0 Å². The standard InChI is InChI=1S/C10H17N3O2/c1-8-12-9(13-15-8)6-11-7-10(2)4-3-5-14-10/h11H,3-7H2,1-2H3. The molecule has 1 aromatic rings. The molecule has 1 aliphatic heterocycles. The lowest BCUT2D eigenvalue weighted by Crippen LogP contribution is -2.37. The fourth-order valence-electron chi connectivity index (χ4n) is 1.83. The van der Waals surface area contributed by atoms with Crippen molar-refractivity contribution in [2.24, 2.45) is 0 Å². The maximum absolute atomic E-state index is 5.66. The molecule has 15 heavy (non-hydrogen) atoms. The number of nitrogens with one attached hydrogen (secondary N) is 1. The molecule has 0 aromatic carbocycles. The summed E-state index contributed by atoms with van der Waals surface area (Å²) in [6.07, 6.45) is 2.27. The first-order valence-corrected chi connectivity index (χ1v) is 5.32. The second-order valence-electron chi connectivity index (χ2n) is 4.24. The van der Waals surface area contributed by atoms with Crippen molar-refractivity contribution in [2.45, 2.75) is 38.8 Å². The Morgan fingerprint density at radius 1 is 1.53 bits per heavy atom. The van der Waals surface area contributed by atoms with Crippen molar-refractivity contribution < 1.29 is 9.26 Å². The van der Waals surface area contributed by atoms with Crippen molar-refractivity contribution in [3.8, 4) is 0 Å². The van der Waals surface area contributed by atoms with E-state index in [1.165, 1.54) is 0 Å². The highest BCUT2D eigenvalue weighted by Crippen LogP contribution is 2.23. The Bertz CT molecular complexity index is 318. The molecule has 1 atom stereocenters. The fraction of sp³-hybridized carbons (Fsp3) is 0.800. The van der Waals surface area contributed by atoms with Crippen LogP contribution >= 0.6 is 0 Å². The summed E-state index contributed by atoms with van der Waals surface area (Å²) in [6.45, 7) is 6.27. The Morgan fingerprint density at radius 3 is 3.00 bits per heavy atom. The molecular formula is C10H17N3O2. The number of aryl methyl sites for hydroxylation is 1. The minimum absolute atomic E-state index is 0.0151. The zero-order chi connectivity index (χ0) is 10.7. The van der Waals surface area contributed by atoms with Crippen LogP contribution in [0, 0.1) is 6.92 Å². The molecule has 0 radical (unpaired) electrons. The molecule has 0 saturated carbocycles. The molecule has 1 aliphatic rings. The van der Waals surface area contributed by atoms with Gasteiger partial charge in [-0.05, 0) is 19.8 Å². The van der Waals surface area contributed by atoms with Crippen LogP contribution in [-0.4, -0.2) is 28.9 Å². The van der Waals surface area contributed by atoms with Gasteiger partial charge in [0.25, 0.3) is 0 Å². The molecule has 1 N–H and O–H groups in total. The van der Waals surface area contributed by atoms with Crippen LogP contribution in [0.5, 0.6) is 0 Å². The molecule has 0 amide bonds. The summed E-state index contributed by atoms with van der Waals surface area (Å²) in [7, 11) is 0. The van der Waals surface area contributed by atoms with Crippen LogP contribution < -0.4 is 5.32 Å². The molecule has 0 bridgehead atoms. The number of nitrogens with zero attached hydrogens (tertiary/aromatic N) is 2. The Hall–Kier alpha value is -0.940. The molecular weight excluding hydrogens is 194 g/mol. The van der Waals surface area contributed by atoms with Crippen LogP contribution in [0.1, 0.15) is 31.5 Å². The molecule has 0 spiro atoms. The zero-order valence-corrected chi connectivity index (χ0v) is 9.25. The second kappa shape index (κ2) is 4.28. The van der Waals surface area contributed by atoms with E-state index in [2.05, 4.69) is 22.4 Å². The molecule has 2 rings (SSSR count). The van der Waals surface area contributed by atoms with E-state index in [1.807, 2.05) is 0 Å². The van der Waals surface area contributed by atoms with Gasteiger partial charge in [0, 0.05) is 20.1 Å². The largest absolute Gasteiger partial charge is 0.374 e. The van der Waals surface area contributed by atoms with Crippen molar-refractivity contribution in [1.82, 2.24) is 15.5 Å². The van der Waals surface area contributed by atoms with Crippen LogP contribution in [0.4, 0.5) is 0 Å². The van der Waals surface area contributed by atoms with E-state index in [1.54, 1.807) is 6.92 Å². The van der Waals surface area contributed by atoms with E-state index >= 15 is 0 Å². The number of aromatic nitrogens is 2. The highest BCUT2D eigenvalue weighted by molar-refractivity contribution is 4.86. The first-order valence-electron chi connectivity index (χ1n) is 5.32. The lowest BCUT2D eigenvalue weighted by Gasteiger charge is -2.22. The molecule has 84 valence electrons. The number of hydrogen-bond acceptors (Lipinski definition) is 5. The first-order chi connectivity index (χ1) is 7.18. The monoisotopic (exact) mass is 211 g/mol. The predicted molar refractivity (Wildman–Crippen MR) is 54.3 cm³/mol.